The van der Waals surface area contributed by atoms with Crippen LogP contribution in [0.1, 0.15) is 51.3 Å². The normalized spacial score (nSPS) is 17.5. The number of ether oxygens (including phenoxy) is 3. The molecule has 2 aromatic rings. The van der Waals surface area contributed by atoms with Gasteiger partial charge < -0.3 is 24.2 Å². The van der Waals surface area contributed by atoms with Crippen LogP contribution < -0.4 is 9.47 Å². The van der Waals surface area contributed by atoms with Gasteiger partial charge in [0.25, 0.3) is 11.7 Å². The number of likely N-dealkylation sites (tertiary alicyclic amines) is 1. The molecule has 1 fully saturated rings. The molecule has 3 rings (SSSR count). The fourth-order valence-electron chi connectivity index (χ4n) is 3.95. The molecule has 1 heterocycles. The number of aliphatic hydroxyl groups is 1. The summed E-state index contributed by atoms with van der Waals surface area (Å²) in [5, 5.41) is 11.3. The fraction of sp³-hybridized carbons (Fsp3) is 0.429. The molecule has 35 heavy (non-hydrogen) atoms. The number of Topliss-reactive ketones (excluding diaryl/α,β-unsaturated/α-hetero) is 1. The first-order chi connectivity index (χ1) is 16.7. The molecule has 1 unspecified atom stereocenters. The Labute approximate surface area is 207 Å². The minimum absolute atomic E-state index is 0.0611. The topological polar surface area (TPSA) is 85.3 Å². The zero-order chi connectivity index (χ0) is 25.5. The van der Waals surface area contributed by atoms with Crippen LogP contribution in [0.3, 0.4) is 0 Å². The molecule has 1 aliphatic rings. The number of benzene rings is 2. The molecule has 188 valence electrons. The van der Waals surface area contributed by atoms with Crippen LogP contribution in [0.25, 0.3) is 5.76 Å². The van der Waals surface area contributed by atoms with Crippen molar-refractivity contribution >= 4 is 17.4 Å². The third kappa shape index (κ3) is 6.42. The van der Waals surface area contributed by atoms with E-state index in [1.54, 1.807) is 43.5 Å². The molecule has 2 aromatic carbocycles. The van der Waals surface area contributed by atoms with Crippen molar-refractivity contribution in [3.63, 3.8) is 0 Å². The van der Waals surface area contributed by atoms with Gasteiger partial charge in [0.2, 0.25) is 0 Å². The number of aliphatic hydroxyl groups excluding tert-OH is 1. The van der Waals surface area contributed by atoms with Crippen molar-refractivity contribution in [2.75, 3.05) is 26.9 Å². The standard InChI is InChI=1S/C28H35NO6/c1-18(2)17-35-23-9-6-8-21(16-23)26(30)24-25(20-10-12-22(33-5)13-11-20)29(28(32)27(24)31)14-7-15-34-19(3)4/h6,8-13,16,18-19,25,30H,7,14-15,17H2,1-5H3/b26-24-. The van der Waals surface area contributed by atoms with E-state index in [1.807, 2.05) is 39.8 Å². The quantitative estimate of drug-likeness (QED) is 0.211. The van der Waals surface area contributed by atoms with Crippen molar-refractivity contribution in [2.45, 2.75) is 46.3 Å². The number of nitrogens with zero attached hydrogens (tertiary/aromatic N) is 1. The maximum absolute atomic E-state index is 13.2. The minimum Gasteiger partial charge on any atom is -0.507 e. The van der Waals surface area contributed by atoms with Crippen LogP contribution >= 0.6 is 0 Å². The second kappa shape index (κ2) is 11.9. The van der Waals surface area contributed by atoms with E-state index in [0.29, 0.717) is 54.7 Å². The second-order valence-corrected chi connectivity index (χ2v) is 9.27. The van der Waals surface area contributed by atoms with Gasteiger partial charge in [0, 0.05) is 18.7 Å². The molecule has 0 bridgehead atoms. The van der Waals surface area contributed by atoms with Gasteiger partial charge in [-0.15, -0.1) is 0 Å². The Bertz CT molecular complexity index is 1060. The van der Waals surface area contributed by atoms with Crippen LogP contribution in [-0.4, -0.2) is 54.7 Å². The van der Waals surface area contributed by atoms with Crippen molar-refractivity contribution in [1.29, 1.82) is 0 Å². The second-order valence-electron chi connectivity index (χ2n) is 9.27. The molecular formula is C28H35NO6. The lowest BCUT2D eigenvalue weighted by atomic mass is 9.95. The van der Waals surface area contributed by atoms with Gasteiger partial charge in [-0.1, -0.05) is 38.1 Å². The van der Waals surface area contributed by atoms with Crippen LogP contribution in [-0.2, 0) is 14.3 Å². The predicted octanol–water partition coefficient (Wildman–Crippen LogP) is 4.97. The number of amides is 1. The van der Waals surface area contributed by atoms with E-state index in [4.69, 9.17) is 14.2 Å². The molecule has 0 aliphatic carbocycles. The highest BCUT2D eigenvalue weighted by atomic mass is 16.5. The Morgan fingerprint density at radius 2 is 1.74 bits per heavy atom. The molecule has 1 N–H and O–H groups in total. The largest absolute Gasteiger partial charge is 0.507 e. The third-order valence-corrected chi connectivity index (χ3v) is 5.66. The van der Waals surface area contributed by atoms with Gasteiger partial charge in [-0.25, -0.2) is 0 Å². The Balaban J connectivity index is 2.01. The number of methoxy groups -OCH3 is 1. The monoisotopic (exact) mass is 481 g/mol. The molecule has 0 aromatic heterocycles. The van der Waals surface area contributed by atoms with Gasteiger partial charge in [-0.05, 0) is 56.0 Å². The van der Waals surface area contributed by atoms with E-state index in [-0.39, 0.29) is 17.4 Å². The molecule has 7 nitrogen and oxygen atoms in total. The molecule has 1 saturated heterocycles. The van der Waals surface area contributed by atoms with Crippen molar-refractivity contribution < 1.29 is 28.9 Å². The highest BCUT2D eigenvalue weighted by Crippen LogP contribution is 2.40. The van der Waals surface area contributed by atoms with Gasteiger partial charge in [0.15, 0.2) is 0 Å². The Kier molecular flexibility index (Phi) is 8.93. The summed E-state index contributed by atoms with van der Waals surface area (Å²) in [5.41, 5.74) is 1.19. The number of ketones is 1. The Morgan fingerprint density at radius 1 is 1.03 bits per heavy atom. The first kappa shape index (κ1) is 26.3. The summed E-state index contributed by atoms with van der Waals surface area (Å²) < 4.78 is 16.7. The molecule has 1 amide bonds. The summed E-state index contributed by atoms with van der Waals surface area (Å²) in [6, 6.07) is 13.4. The maximum Gasteiger partial charge on any atom is 0.295 e. The molecule has 1 atom stereocenters. The Hall–Kier alpha value is -3.32. The highest BCUT2D eigenvalue weighted by Gasteiger charge is 2.45. The average Bonchev–Trinajstić information content (AvgIpc) is 3.10. The lowest BCUT2D eigenvalue weighted by molar-refractivity contribution is -0.140. The molecular weight excluding hydrogens is 446 g/mol. The van der Waals surface area contributed by atoms with Crippen LogP contribution in [0.15, 0.2) is 54.1 Å². The lowest BCUT2D eigenvalue weighted by Crippen LogP contribution is -2.31. The van der Waals surface area contributed by atoms with Crippen LogP contribution in [0.5, 0.6) is 11.5 Å². The predicted molar refractivity (Wildman–Crippen MR) is 134 cm³/mol. The van der Waals surface area contributed by atoms with Crippen molar-refractivity contribution in [2.24, 2.45) is 5.92 Å². The van der Waals surface area contributed by atoms with Crippen molar-refractivity contribution in [3.05, 3.63) is 65.2 Å². The zero-order valence-electron chi connectivity index (χ0n) is 21.1. The molecule has 0 spiro atoms. The van der Waals surface area contributed by atoms with Gasteiger partial charge in [-0.3, -0.25) is 9.59 Å². The van der Waals surface area contributed by atoms with Gasteiger partial charge >= 0.3 is 0 Å². The first-order valence-electron chi connectivity index (χ1n) is 12.0. The van der Waals surface area contributed by atoms with Crippen molar-refractivity contribution in [1.82, 2.24) is 4.90 Å². The minimum atomic E-state index is -0.722. The fourth-order valence-corrected chi connectivity index (χ4v) is 3.95. The van der Waals surface area contributed by atoms with E-state index < -0.39 is 17.7 Å². The highest BCUT2D eigenvalue weighted by molar-refractivity contribution is 6.46. The van der Waals surface area contributed by atoms with Crippen LogP contribution in [0.2, 0.25) is 0 Å². The number of carbonyl (C=O) groups excluding carboxylic acids is 2. The van der Waals surface area contributed by atoms with Gasteiger partial charge in [0.1, 0.15) is 17.3 Å². The summed E-state index contributed by atoms with van der Waals surface area (Å²) in [6.45, 7) is 9.30. The molecule has 7 heteroatoms. The van der Waals surface area contributed by atoms with E-state index >= 15 is 0 Å². The number of carbonyl (C=O) groups is 2. The zero-order valence-corrected chi connectivity index (χ0v) is 21.1. The van der Waals surface area contributed by atoms with Gasteiger partial charge in [0.05, 0.1) is 31.4 Å². The summed E-state index contributed by atoms with van der Waals surface area (Å²) in [7, 11) is 1.57. The smallest absolute Gasteiger partial charge is 0.295 e. The number of hydrogen-bond donors (Lipinski definition) is 1. The Morgan fingerprint density at radius 3 is 2.37 bits per heavy atom. The van der Waals surface area contributed by atoms with E-state index in [9.17, 15) is 14.7 Å². The van der Waals surface area contributed by atoms with Crippen LogP contribution in [0, 0.1) is 5.92 Å². The summed E-state index contributed by atoms with van der Waals surface area (Å²) in [5.74, 6) is 0.0213. The summed E-state index contributed by atoms with van der Waals surface area (Å²) >= 11 is 0. The summed E-state index contributed by atoms with van der Waals surface area (Å²) in [6.07, 6.45) is 0.643. The first-order valence-corrected chi connectivity index (χ1v) is 12.0. The number of hydrogen-bond acceptors (Lipinski definition) is 6. The number of rotatable bonds is 11. The van der Waals surface area contributed by atoms with Crippen LogP contribution in [0.4, 0.5) is 0 Å². The summed E-state index contributed by atoms with van der Waals surface area (Å²) in [4.78, 5) is 27.8. The average molecular weight is 482 g/mol. The molecule has 0 radical (unpaired) electrons. The van der Waals surface area contributed by atoms with Crippen molar-refractivity contribution in [3.8, 4) is 11.5 Å². The van der Waals surface area contributed by atoms with E-state index in [1.165, 1.54) is 4.90 Å². The molecule has 0 saturated carbocycles. The van der Waals surface area contributed by atoms with E-state index in [0.717, 1.165) is 0 Å². The van der Waals surface area contributed by atoms with Gasteiger partial charge in [-0.2, -0.15) is 0 Å². The lowest BCUT2D eigenvalue weighted by Gasteiger charge is -2.25. The molecule has 1 aliphatic heterocycles. The maximum atomic E-state index is 13.2. The van der Waals surface area contributed by atoms with E-state index in [2.05, 4.69) is 0 Å². The SMILES string of the molecule is COc1ccc(C2/C(=C(/O)c3cccc(OCC(C)C)c3)C(=O)C(=O)N2CCCOC(C)C)cc1. The third-order valence-electron chi connectivity index (χ3n) is 5.66.